The first-order valence-corrected chi connectivity index (χ1v) is 14.6. The Bertz CT molecular complexity index is 596. The molecule has 0 aliphatic carbocycles. The van der Waals surface area contributed by atoms with E-state index in [1.165, 1.54) is 51.4 Å². The topological polar surface area (TPSA) is 76.7 Å². The van der Waals surface area contributed by atoms with E-state index >= 15 is 0 Å². The minimum Gasteiger partial charge on any atom is -0.444 e. The van der Waals surface area contributed by atoms with Crippen molar-refractivity contribution >= 4 is 12.0 Å². The summed E-state index contributed by atoms with van der Waals surface area (Å²) in [5, 5.41) is 6.07. The minimum atomic E-state index is -0.566. The third-order valence-electron chi connectivity index (χ3n) is 6.37. The zero-order chi connectivity index (χ0) is 27.7. The van der Waals surface area contributed by atoms with Crippen LogP contribution in [-0.4, -0.2) is 41.9 Å². The van der Waals surface area contributed by atoms with Crippen molar-refractivity contribution in [2.75, 3.05) is 13.2 Å². The Morgan fingerprint density at radius 2 is 1.25 bits per heavy atom. The van der Waals surface area contributed by atoms with Gasteiger partial charge in [-0.15, -0.1) is 0 Å². The van der Waals surface area contributed by atoms with Gasteiger partial charge in [-0.25, -0.2) is 4.79 Å². The zero-order valence-corrected chi connectivity index (χ0v) is 25.3. The molecule has 0 saturated heterocycles. The van der Waals surface area contributed by atoms with Gasteiger partial charge in [-0.1, -0.05) is 78.1 Å². The summed E-state index contributed by atoms with van der Waals surface area (Å²) in [4.78, 5) is 25.1. The van der Waals surface area contributed by atoms with Crippen molar-refractivity contribution in [1.82, 2.24) is 10.6 Å². The third kappa shape index (κ3) is 19.8. The lowest BCUT2D eigenvalue weighted by Gasteiger charge is -2.33. The summed E-state index contributed by atoms with van der Waals surface area (Å²) < 4.78 is 11.5. The van der Waals surface area contributed by atoms with Gasteiger partial charge < -0.3 is 20.1 Å². The van der Waals surface area contributed by atoms with E-state index in [2.05, 4.69) is 24.5 Å². The van der Waals surface area contributed by atoms with Crippen molar-refractivity contribution in [3.05, 3.63) is 0 Å². The average molecular weight is 513 g/mol. The van der Waals surface area contributed by atoms with E-state index < -0.39 is 22.8 Å². The molecule has 0 heterocycles. The molecule has 36 heavy (non-hydrogen) atoms. The number of amides is 2. The van der Waals surface area contributed by atoms with Gasteiger partial charge in [0.25, 0.3) is 0 Å². The summed E-state index contributed by atoms with van der Waals surface area (Å²) >= 11 is 0. The second-order valence-corrected chi connectivity index (χ2v) is 12.7. The van der Waals surface area contributed by atoms with E-state index in [0.29, 0.717) is 19.6 Å². The van der Waals surface area contributed by atoms with Crippen LogP contribution in [0.2, 0.25) is 0 Å². The van der Waals surface area contributed by atoms with Gasteiger partial charge in [-0.05, 0) is 67.7 Å². The Kier molecular flexibility index (Phi) is 17.4. The Morgan fingerprint density at radius 3 is 1.78 bits per heavy atom. The Hall–Kier alpha value is -1.30. The van der Waals surface area contributed by atoms with Crippen LogP contribution in [0.4, 0.5) is 4.79 Å². The van der Waals surface area contributed by atoms with Crippen LogP contribution in [0, 0.1) is 5.92 Å². The second kappa shape index (κ2) is 18.0. The number of ether oxygens (including phenoxy) is 2. The van der Waals surface area contributed by atoms with Gasteiger partial charge in [-0.3, -0.25) is 4.79 Å². The van der Waals surface area contributed by atoms with E-state index in [-0.39, 0.29) is 11.8 Å². The van der Waals surface area contributed by atoms with Crippen LogP contribution in [0.25, 0.3) is 0 Å². The Morgan fingerprint density at radius 1 is 0.750 bits per heavy atom. The van der Waals surface area contributed by atoms with Gasteiger partial charge in [0.15, 0.2) is 0 Å². The molecule has 1 atom stereocenters. The van der Waals surface area contributed by atoms with Crippen molar-refractivity contribution in [3.63, 3.8) is 0 Å². The fraction of sp³-hybridized carbons (Fsp3) is 0.933. The van der Waals surface area contributed by atoms with E-state index in [0.717, 1.165) is 25.7 Å². The van der Waals surface area contributed by atoms with Gasteiger partial charge in [-0.2, -0.15) is 0 Å². The number of nitrogens with one attached hydrogen (secondary N) is 2. The standard InChI is InChI=1S/C30H60N2O4/c1-10-12-14-16-17-19-21-25(20-18-15-13-11-2)26(33)31-23-22-30(8,9)35-24-29(6,7)32-27(34)36-28(3,4)5/h25H,10-24H2,1-9H3,(H,31,33)(H,32,34). The highest BCUT2D eigenvalue weighted by Crippen LogP contribution is 2.21. The van der Waals surface area contributed by atoms with E-state index in [4.69, 9.17) is 9.47 Å². The van der Waals surface area contributed by atoms with Gasteiger partial charge >= 0.3 is 6.09 Å². The minimum absolute atomic E-state index is 0.119. The van der Waals surface area contributed by atoms with Gasteiger partial charge in [0, 0.05) is 12.5 Å². The fourth-order valence-corrected chi connectivity index (χ4v) is 4.09. The molecule has 0 saturated carbocycles. The molecule has 0 aliphatic rings. The van der Waals surface area contributed by atoms with Gasteiger partial charge in [0.1, 0.15) is 5.60 Å². The largest absolute Gasteiger partial charge is 0.444 e. The van der Waals surface area contributed by atoms with Crippen LogP contribution in [-0.2, 0) is 14.3 Å². The lowest BCUT2D eigenvalue weighted by atomic mass is 9.93. The SMILES string of the molecule is CCCCCCCCC(CCCCCC)C(=O)NCCC(C)(C)OCC(C)(C)NC(=O)OC(C)(C)C. The van der Waals surface area contributed by atoms with Crippen molar-refractivity contribution in [1.29, 1.82) is 0 Å². The summed E-state index contributed by atoms with van der Waals surface area (Å²) in [6.45, 7) is 18.8. The van der Waals surface area contributed by atoms with Crippen molar-refractivity contribution in [3.8, 4) is 0 Å². The summed E-state index contributed by atoms with van der Waals surface area (Å²) in [6, 6.07) is 0. The molecule has 0 bridgehead atoms. The molecular formula is C30H60N2O4. The molecule has 0 radical (unpaired) electrons. The van der Waals surface area contributed by atoms with Crippen LogP contribution < -0.4 is 10.6 Å². The van der Waals surface area contributed by atoms with Crippen LogP contribution in [0.1, 0.15) is 146 Å². The van der Waals surface area contributed by atoms with E-state index in [9.17, 15) is 9.59 Å². The lowest BCUT2D eigenvalue weighted by molar-refractivity contribution is -0.125. The molecule has 0 aromatic carbocycles. The predicted octanol–water partition coefficient (Wildman–Crippen LogP) is 7.93. The number of hydrogen-bond donors (Lipinski definition) is 2. The summed E-state index contributed by atoms with van der Waals surface area (Å²) in [7, 11) is 0. The molecule has 0 aliphatic heterocycles. The quantitative estimate of drug-likeness (QED) is 0.162. The highest BCUT2D eigenvalue weighted by atomic mass is 16.6. The first-order chi connectivity index (χ1) is 16.7. The smallest absolute Gasteiger partial charge is 0.408 e. The van der Waals surface area contributed by atoms with E-state index in [1.54, 1.807) is 0 Å². The van der Waals surface area contributed by atoms with Crippen LogP contribution in [0.5, 0.6) is 0 Å². The van der Waals surface area contributed by atoms with Crippen molar-refractivity contribution in [2.45, 2.75) is 163 Å². The Labute approximate surface area is 223 Å². The molecule has 0 aromatic heterocycles. The van der Waals surface area contributed by atoms with Gasteiger partial charge in [0.2, 0.25) is 5.91 Å². The molecule has 0 aromatic rings. The summed E-state index contributed by atoms with van der Waals surface area (Å²) in [6.07, 6.45) is 14.6. The molecule has 2 N–H and O–H groups in total. The number of carbonyl (C=O) groups excluding carboxylic acids is 2. The van der Waals surface area contributed by atoms with Crippen molar-refractivity contribution in [2.24, 2.45) is 5.92 Å². The van der Waals surface area contributed by atoms with Crippen LogP contribution in [0.3, 0.4) is 0 Å². The highest BCUT2D eigenvalue weighted by Gasteiger charge is 2.28. The number of alkyl carbamates (subject to hydrolysis) is 1. The predicted molar refractivity (Wildman–Crippen MR) is 151 cm³/mol. The lowest BCUT2D eigenvalue weighted by Crippen LogP contribution is -2.50. The van der Waals surface area contributed by atoms with Gasteiger partial charge in [0.05, 0.1) is 17.7 Å². The molecule has 0 fully saturated rings. The molecule has 214 valence electrons. The Balaban J connectivity index is 4.56. The normalized spacial score (nSPS) is 13.4. The molecule has 0 rings (SSSR count). The maximum absolute atomic E-state index is 13.0. The molecule has 6 heteroatoms. The zero-order valence-electron chi connectivity index (χ0n) is 25.3. The molecular weight excluding hydrogens is 452 g/mol. The molecule has 0 spiro atoms. The number of rotatable bonds is 20. The van der Waals surface area contributed by atoms with E-state index in [1.807, 2.05) is 48.5 Å². The summed E-state index contributed by atoms with van der Waals surface area (Å²) in [5.41, 5.74) is -1.53. The molecule has 6 nitrogen and oxygen atoms in total. The molecule has 2 amide bonds. The second-order valence-electron chi connectivity index (χ2n) is 12.7. The van der Waals surface area contributed by atoms with Crippen molar-refractivity contribution < 1.29 is 19.1 Å². The average Bonchev–Trinajstić information content (AvgIpc) is 2.74. The number of hydrogen-bond acceptors (Lipinski definition) is 4. The van der Waals surface area contributed by atoms with Crippen LogP contribution in [0.15, 0.2) is 0 Å². The first-order valence-electron chi connectivity index (χ1n) is 14.6. The number of unbranched alkanes of at least 4 members (excludes halogenated alkanes) is 8. The maximum atomic E-state index is 13.0. The monoisotopic (exact) mass is 512 g/mol. The molecule has 1 unspecified atom stereocenters. The van der Waals surface area contributed by atoms with Crippen LogP contribution >= 0.6 is 0 Å². The fourth-order valence-electron chi connectivity index (χ4n) is 4.09. The highest BCUT2D eigenvalue weighted by molar-refractivity contribution is 5.78. The third-order valence-corrected chi connectivity index (χ3v) is 6.37. The number of carbonyl (C=O) groups is 2. The maximum Gasteiger partial charge on any atom is 0.408 e. The first kappa shape index (κ1) is 34.7. The summed E-state index contributed by atoms with van der Waals surface area (Å²) in [5.74, 6) is 0.316.